The highest BCUT2D eigenvalue weighted by Crippen LogP contribution is 2.27. The summed E-state index contributed by atoms with van der Waals surface area (Å²) in [6.45, 7) is 10.7. The average molecular weight is 354 g/mol. The van der Waals surface area contributed by atoms with Gasteiger partial charge in [0, 0.05) is 50.7 Å². The highest BCUT2D eigenvalue weighted by Gasteiger charge is 2.18. The lowest BCUT2D eigenvalue weighted by molar-refractivity contribution is -0.116. The van der Waals surface area contributed by atoms with E-state index >= 15 is 0 Å². The maximum absolute atomic E-state index is 12.2. The molecule has 24 heavy (non-hydrogen) atoms. The first-order chi connectivity index (χ1) is 11.5. The number of methoxy groups -OCH3 is 1. The normalized spacial score (nSPS) is 16.4. The van der Waals surface area contributed by atoms with Crippen molar-refractivity contribution in [1.82, 2.24) is 9.80 Å². The number of carbonyl (C=O) groups excluding carboxylic acids is 1. The van der Waals surface area contributed by atoms with Gasteiger partial charge in [0.2, 0.25) is 5.91 Å². The Morgan fingerprint density at radius 2 is 1.92 bits per heavy atom. The van der Waals surface area contributed by atoms with Gasteiger partial charge in [-0.3, -0.25) is 4.79 Å². The molecule has 0 spiro atoms. The summed E-state index contributed by atoms with van der Waals surface area (Å²) < 4.78 is 5.25. The summed E-state index contributed by atoms with van der Waals surface area (Å²) in [5.74, 6) is 1.31. The van der Waals surface area contributed by atoms with Crippen molar-refractivity contribution in [1.29, 1.82) is 0 Å². The van der Waals surface area contributed by atoms with Crippen LogP contribution in [0.4, 0.5) is 5.69 Å². The van der Waals surface area contributed by atoms with E-state index in [1.165, 1.54) is 0 Å². The minimum absolute atomic E-state index is 0.0137. The zero-order valence-corrected chi connectivity index (χ0v) is 15.6. The summed E-state index contributed by atoms with van der Waals surface area (Å²) in [5, 5.41) is 3.47. The third-order valence-corrected chi connectivity index (χ3v) is 4.41. The fourth-order valence-corrected chi connectivity index (χ4v) is 3.13. The third-order valence-electron chi connectivity index (χ3n) is 4.18. The maximum Gasteiger partial charge on any atom is 0.225 e. The molecule has 1 aliphatic heterocycles. The number of anilines is 1. The number of carbonyl (C=O) groups is 1. The molecule has 0 aliphatic carbocycles. The van der Waals surface area contributed by atoms with E-state index in [1.54, 1.807) is 25.3 Å². The molecule has 1 heterocycles. The number of piperazine rings is 1. The molecule has 1 aliphatic rings. The molecule has 5 nitrogen and oxygen atoms in total. The standard InChI is InChI=1S/C18H28ClN3O2/c1-14(2)13-22-10-8-21(9-11-22)7-6-18(23)20-16-12-15(19)4-5-17(16)24-3/h4-5,12,14H,6-11,13H2,1-3H3,(H,20,23). The lowest BCUT2D eigenvalue weighted by Gasteiger charge is -2.35. The summed E-state index contributed by atoms with van der Waals surface area (Å²) in [6, 6.07) is 5.21. The van der Waals surface area contributed by atoms with Crippen LogP contribution < -0.4 is 10.1 Å². The van der Waals surface area contributed by atoms with E-state index in [9.17, 15) is 4.79 Å². The molecule has 1 amide bonds. The van der Waals surface area contributed by atoms with Gasteiger partial charge in [-0.25, -0.2) is 0 Å². The van der Waals surface area contributed by atoms with Crippen LogP contribution in [0, 0.1) is 5.92 Å². The van der Waals surface area contributed by atoms with E-state index in [-0.39, 0.29) is 5.91 Å². The quantitative estimate of drug-likeness (QED) is 0.818. The zero-order valence-electron chi connectivity index (χ0n) is 14.8. The monoisotopic (exact) mass is 353 g/mol. The second-order valence-corrected chi connectivity index (χ2v) is 7.12. The van der Waals surface area contributed by atoms with Crippen LogP contribution in [0.1, 0.15) is 20.3 Å². The summed E-state index contributed by atoms with van der Waals surface area (Å²) in [4.78, 5) is 17.0. The Labute approximate surface area is 149 Å². The van der Waals surface area contributed by atoms with Crippen molar-refractivity contribution in [2.45, 2.75) is 20.3 Å². The van der Waals surface area contributed by atoms with Crippen molar-refractivity contribution in [2.75, 3.05) is 51.7 Å². The lowest BCUT2D eigenvalue weighted by atomic mass is 10.2. The highest BCUT2D eigenvalue weighted by molar-refractivity contribution is 6.31. The minimum Gasteiger partial charge on any atom is -0.495 e. The van der Waals surface area contributed by atoms with Crippen LogP contribution >= 0.6 is 11.6 Å². The molecule has 0 aromatic heterocycles. The summed E-state index contributed by atoms with van der Waals surface area (Å²) >= 11 is 5.99. The van der Waals surface area contributed by atoms with Gasteiger partial charge in [-0.1, -0.05) is 25.4 Å². The largest absolute Gasteiger partial charge is 0.495 e. The predicted molar refractivity (Wildman–Crippen MR) is 99.0 cm³/mol. The number of ether oxygens (including phenoxy) is 1. The van der Waals surface area contributed by atoms with Crippen LogP contribution in [0.25, 0.3) is 0 Å². The van der Waals surface area contributed by atoms with Crippen molar-refractivity contribution < 1.29 is 9.53 Å². The molecule has 0 bridgehead atoms. The average Bonchev–Trinajstić information content (AvgIpc) is 2.54. The fraction of sp³-hybridized carbons (Fsp3) is 0.611. The van der Waals surface area contributed by atoms with Gasteiger partial charge in [-0.05, 0) is 24.1 Å². The van der Waals surface area contributed by atoms with Crippen LogP contribution in [0.2, 0.25) is 5.02 Å². The van der Waals surface area contributed by atoms with E-state index in [0.29, 0.717) is 28.8 Å². The number of rotatable bonds is 7. The number of hydrogen-bond donors (Lipinski definition) is 1. The number of benzene rings is 1. The number of hydrogen-bond acceptors (Lipinski definition) is 4. The van der Waals surface area contributed by atoms with E-state index in [4.69, 9.17) is 16.3 Å². The Hall–Kier alpha value is -1.30. The van der Waals surface area contributed by atoms with Crippen LogP contribution in [0.15, 0.2) is 18.2 Å². The molecule has 1 N–H and O–H groups in total. The van der Waals surface area contributed by atoms with Gasteiger partial charge in [0.15, 0.2) is 0 Å². The number of nitrogens with zero attached hydrogens (tertiary/aromatic N) is 2. The minimum atomic E-state index is -0.0137. The Morgan fingerprint density at radius 3 is 2.54 bits per heavy atom. The SMILES string of the molecule is COc1ccc(Cl)cc1NC(=O)CCN1CCN(CC(C)C)CC1. The predicted octanol–water partition coefficient (Wildman–Crippen LogP) is 2.95. The molecule has 6 heteroatoms. The van der Waals surface area contributed by atoms with Gasteiger partial charge in [-0.2, -0.15) is 0 Å². The first-order valence-electron chi connectivity index (χ1n) is 8.56. The van der Waals surface area contributed by atoms with E-state index in [0.717, 1.165) is 39.3 Å². The van der Waals surface area contributed by atoms with Gasteiger partial charge >= 0.3 is 0 Å². The van der Waals surface area contributed by atoms with E-state index in [2.05, 4.69) is 29.0 Å². The molecule has 0 radical (unpaired) electrons. The van der Waals surface area contributed by atoms with Gasteiger partial charge < -0.3 is 19.9 Å². The topological polar surface area (TPSA) is 44.8 Å². The smallest absolute Gasteiger partial charge is 0.225 e. The molecule has 0 unspecified atom stereocenters. The number of amides is 1. The molecule has 1 saturated heterocycles. The lowest BCUT2D eigenvalue weighted by Crippen LogP contribution is -2.47. The molecular formula is C18H28ClN3O2. The second kappa shape index (κ2) is 9.25. The van der Waals surface area contributed by atoms with Crippen LogP contribution in [-0.4, -0.2) is 62.1 Å². The van der Waals surface area contributed by atoms with E-state index in [1.807, 2.05) is 0 Å². The second-order valence-electron chi connectivity index (χ2n) is 6.68. The molecule has 1 aromatic rings. The first kappa shape index (κ1) is 19.0. The Bertz CT molecular complexity index is 543. The first-order valence-corrected chi connectivity index (χ1v) is 8.94. The van der Waals surface area contributed by atoms with Gasteiger partial charge in [0.25, 0.3) is 0 Å². The van der Waals surface area contributed by atoms with Crippen molar-refractivity contribution >= 4 is 23.2 Å². The molecule has 134 valence electrons. The summed E-state index contributed by atoms with van der Waals surface area (Å²) in [5.41, 5.74) is 0.622. The Balaban J connectivity index is 1.75. The molecular weight excluding hydrogens is 326 g/mol. The highest BCUT2D eigenvalue weighted by atomic mass is 35.5. The van der Waals surface area contributed by atoms with Crippen LogP contribution in [0.3, 0.4) is 0 Å². The summed E-state index contributed by atoms with van der Waals surface area (Å²) in [6.07, 6.45) is 0.472. The maximum atomic E-state index is 12.2. The van der Waals surface area contributed by atoms with Crippen molar-refractivity contribution in [3.8, 4) is 5.75 Å². The molecule has 0 saturated carbocycles. The zero-order chi connectivity index (χ0) is 17.5. The molecule has 1 aromatic carbocycles. The van der Waals surface area contributed by atoms with Gasteiger partial charge in [0.1, 0.15) is 5.75 Å². The van der Waals surface area contributed by atoms with E-state index < -0.39 is 0 Å². The Morgan fingerprint density at radius 1 is 1.25 bits per heavy atom. The fourth-order valence-electron chi connectivity index (χ4n) is 2.96. The van der Waals surface area contributed by atoms with Crippen molar-refractivity contribution in [3.63, 3.8) is 0 Å². The van der Waals surface area contributed by atoms with Crippen LogP contribution in [0.5, 0.6) is 5.75 Å². The molecule has 0 atom stereocenters. The summed E-state index contributed by atoms with van der Waals surface area (Å²) in [7, 11) is 1.58. The molecule has 1 fully saturated rings. The Kier molecular flexibility index (Phi) is 7.34. The van der Waals surface area contributed by atoms with Gasteiger partial charge in [-0.15, -0.1) is 0 Å². The third kappa shape index (κ3) is 5.96. The number of nitrogens with one attached hydrogen (secondary N) is 1. The number of halogens is 1. The van der Waals surface area contributed by atoms with Gasteiger partial charge in [0.05, 0.1) is 12.8 Å². The van der Waals surface area contributed by atoms with Crippen molar-refractivity contribution in [2.24, 2.45) is 5.92 Å². The molecule has 2 rings (SSSR count). The van der Waals surface area contributed by atoms with Crippen LogP contribution in [-0.2, 0) is 4.79 Å². The van der Waals surface area contributed by atoms with Crippen molar-refractivity contribution in [3.05, 3.63) is 23.2 Å².